The van der Waals surface area contributed by atoms with Crippen LogP contribution in [0.5, 0.6) is 0 Å². The van der Waals surface area contributed by atoms with E-state index in [9.17, 15) is 0 Å². The largest absolute Gasteiger partial charge is 0.222 e. The van der Waals surface area contributed by atoms with Crippen LogP contribution in [0.3, 0.4) is 0 Å². The fourth-order valence-corrected chi connectivity index (χ4v) is 0.872. The molecule has 1 heterocycles. The van der Waals surface area contributed by atoms with Crippen molar-refractivity contribution in [3.63, 3.8) is 0 Å². The molecule has 0 saturated heterocycles. The fourth-order valence-electron chi connectivity index (χ4n) is 0.872. The highest BCUT2D eigenvalue weighted by molar-refractivity contribution is 5.59. The van der Waals surface area contributed by atoms with Crippen LogP contribution in [0.15, 0.2) is 19.5 Å². The maximum atomic E-state index is 4.09. The SMILES string of the molecule is C=Cn1ncnc1C(=C)C(C)C. The van der Waals surface area contributed by atoms with Gasteiger partial charge in [-0.1, -0.05) is 27.0 Å². The first-order chi connectivity index (χ1) is 5.66. The average molecular weight is 163 g/mol. The Morgan fingerprint density at radius 3 is 2.83 bits per heavy atom. The highest BCUT2D eigenvalue weighted by Gasteiger charge is 2.08. The van der Waals surface area contributed by atoms with Gasteiger partial charge >= 0.3 is 0 Å². The van der Waals surface area contributed by atoms with E-state index in [0.29, 0.717) is 5.92 Å². The first kappa shape index (κ1) is 8.71. The third-order valence-corrected chi connectivity index (χ3v) is 1.73. The standard InChI is InChI=1S/C9H13N3/c1-5-12-9(10-6-11-12)8(4)7(2)3/h5-7H,1,4H2,2-3H3. The lowest BCUT2D eigenvalue weighted by atomic mass is 10.1. The second kappa shape index (κ2) is 3.34. The van der Waals surface area contributed by atoms with Crippen molar-refractivity contribution in [2.24, 2.45) is 5.92 Å². The monoisotopic (exact) mass is 163 g/mol. The van der Waals surface area contributed by atoms with Gasteiger partial charge in [0.05, 0.1) is 0 Å². The predicted octanol–water partition coefficient (Wildman–Crippen LogP) is 2.05. The third kappa shape index (κ3) is 1.44. The summed E-state index contributed by atoms with van der Waals surface area (Å²) in [5.74, 6) is 1.17. The minimum atomic E-state index is 0.382. The molecule has 0 atom stereocenters. The van der Waals surface area contributed by atoms with Crippen molar-refractivity contribution < 1.29 is 0 Å². The summed E-state index contributed by atoms with van der Waals surface area (Å²) in [4.78, 5) is 4.09. The van der Waals surface area contributed by atoms with Gasteiger partial charge in [0.1, 0.15) is 6.33 Å². The van der Waals surface area contributed by atoms with Crippen molar-refractivity contribution in [3.05, 3.63) is 25.3 Å². The van der Waals surface area contributed by atoms with Crippen LogP contribution in [0.1, 0.15) is 19.7 Å². The molecule has 0 aliphatic rings. The molecule has 0 aliphatic carbocycles. The van der Waals surface area contributed by atoms with Gasteiger partial charge in [0, 0.05) is 6.20 Å². The molecule has 64 valence electrons. The zero-order chi connectivity index (χ0) is 9.14. The van der Waals surface area contributed by atoms with Gasteiger partial charge in [0.2, 0.25) is 0 Å². The van der Waals surface area contributed by atoms with Gasteiger partial charge in [-0.15, -0.1) is 0 Å². The van der Waals surface area contributed by atoms with Crippen molar-refractivity contribution in [1.29, 1.82) is 0 Å². The molecule has 0 radical (unpaired) electrons. The summed E-state index contributed by atoms with van der Waals surface area (Å²) in [5, 5.41) is 3.96. The van der Waals surface area contributed by atoms with Crippen molar-refractivity contribution in [1.82, 2.24) is 14.8 Å². The van der Waals surface area contributed by atoms with E-state index < -0.39 is 0 Å². The Hall–Kier alpha value is -1.38. The van der Waals surface area contributed by atoms with E-state index in [1.165, 1.54) is 6.33 Å². The summed E-state index contributed by atoms with van der Waals surface area (Å²) in [6.45, 7) is 11.7. The van der Waals surface area contributed by atoms with Gasteiger partial charge in [-0.2, -0.15) is 5.10 Å². The maximum Gasteiger partial charge on any atom is 0.158 e. The third-order valence-electron chi connectivity index (χ3n) is 1.73. The summed E-state index contributed by atoms with van der Waals surface area (Å²) in [6.07, 6.45) is 3.13. The topological polar surface area (TPSA) is 30.7 Å². The molecule has 0 aliphatic heterocycles. The van der Waals surface area contributed by atoms with Crippen LogP contribution in [-0.4, -0.2) is 14.8 Å². The van der Waals surface area contributed by atoms with Crippen molar-refractivity contribution in [2.45, 2.75) is 13.8 Å². The van der Waals surface area contributed by atoms with Gasteiger partial charge < -0.3 is 0 Å². The van der Waals surface area contributed by atoms with Gasteiger partial charge in [-0.25, -0.2) is 9.67 Å². The first-order valence-electron chi connectivity index (χ1n) is 3.88. The molecule has 0 aromatic carbocycles. The van der Waals surface area contributed by atoms with Crippen molar-refractivity contribution in [3.8, 4) is 0 Å². The number of aromatic nitrogens is 3. The molecule has 0 spiro atoms. The summed E-state index contributed by atoms with van der Waals surface area (Å²) < 4.78 is 1.63. The molecular weight excluding hydrogens is 150 g/mol. The highest BCUT2D eigenvalue weighted by atomic mass is 15.3. The predicted molar refractivity (Wildman–Crippen MR) is 50.3 cm³/mol. The Bertz CT molecular complexity index is 296. The van der Waals surface area contributed by atoms with Crippen LogP contribution in [0.2, 0.25) is 0 Å². The van der Waals surface area contributed by atoms with Crippen LogP contribution >= 0.6 is 0 Å². The van der Waals surface area contributed by atoms with Gasteiger partial charge in [-0.05, 0) is 11.5 Å². The van der Waals surface area contributed by atoms with Crippen LogP contribution in [0.25, 0.3) is 11.8 Å². The van der Waals surface area contributed by atoms with Crippen molar-refractivity contribution in [2.75, 3.05) is 0 Å². The average Bonchev–Trinajstić information content (AvgIpc) is 2.49. The molecule has 1 rings (SSSR count). The summed E-state index contributed by atoms with van der Waals surface area (Å²) in [5.41, 5.74) is 0.979. The molecule has 12 heavy (non-hydrogen) atoms. The quantitative estimate of drug-likeness (QED) is 0.682. The lowest BCUT2D eigenvalue weighted by Gasteiger charge is -2.07. The van der Waals surface area contributed by atoms with E-state index in [-0.39, 0.29) is 0 Å². The van der Waals surface area contributed by atoms with Gasteiger partial charge in [0.15, 0.2) is 5.82 Å². The van der Waals surface area contributed by atoms with E-state index in [0.717, 1.165) is 11.4 Å². The Morgan fingerprint density at radius 1 is 1.67 bits per heavy atom. The highest BCUT2D eigenvalue weighted by Crippen LogP contribution is 2.17. The lowest BCUT2D eigenvalue weighted by Crippen LogP contribution is -2.00. The summed E-state index contributed by atoms with van der Waals surface area (Å²) in [7, 11) is 0. The summed E-state index contributed by atoms with van der Waals surface area (Å²) in [6, 6.07) is 0. The zero-order valence-electron chi connectivity index (χ0n) is 7.49. The van der Waals surface area contributed by atoms with Gasteiger partial charge in [0.25, 0.3) is 0 Å². The maximum absolute atomic E-state index is 4.09. The van der Waals surface area contributed by atoms with E-state index in [2.05, 4.69) is 37.1 Å². The summed E-state index contributed by atoms with van der Waals surface area (Å²) >= 11 is 0. The molecule has 0 amide bonds. The first-order valence-corrected chi connectivity index (χ1v) is 3.88. The number of allylic oxidation sites excluding steroid dienone is 1. The van der Waals surface area contributed by atoms with E-state index in [1.54, 1.807) is 10.9 Å². The molecule has 0 unspecified atom stereocenters. The van der Waals surface area contributed by atoms with Crippen molar-refractivity contribution >= 4 is 11.8 Å². The molecule has 0 saturated carbocycles. The number of hydrogen-bond acceptors (Lipinski definition) is 2. The van der Waals surface area contributed by atoms with E-state index >= 15 is 0 Å². The minimum absolute atomic E-state index is 0.382. The smallest absolute Gasteiger partial charge is 0.158 e. The van der Waals surface area contributed by atoms with E-state index in [1.807, 2.05) is 0 Å². The second-order valence-electron chi connectivity index (χ2n) is 2.89. The minimum Gasteiger partial charge on any atom is -0.222 e. The molecule has 0 fully saturated rings. The normalized spacial score (nSPS) is 10.2. The van der Waals surface area contributed by atoms with E-state index in [4.69, 9.17) is 0 Å². The molecule has 0 bridgehead atoms. The molecule has 1 aromatic heterocycles. The zero-order valence-corrected chi connectivity index (χ0v) is 7.49. The van der Waals surface area contributed by atoms with Crippen LogP contribution in [0.4, 0.5) is 0 Å². The number of nitrogens with zero attached hydrogens (tertiary/aromatic N) is 3. The molecule has 1 aromatic rings. The van der Waals surface area contributed by atoms with Crippen LogP contribution < -0.4 is 0 Å². The Balaban J connectivity index is 3.01. The molecule has 3 heteroatoms. The molecular formula is C9H13N3. The Morgan fingerprint density at radius 2 is 2.33 bits per heavy atom. The van der Waals surface area contributed by atoms with Gasteiger partial charge in [-0.3, -0.25) is 0 Å². The van der Waals surface area contributed by atoms with Crippen LogP contribution in [-0.2, 0) is 0 Å². The second-order valence-corrected chi connectivity index (χ2v) is 2.89. The Labute approximate surface area is 72.4 Å². The number of hydrogen-bond donors (Lipinski definition) is 0. The lowest BCUT2D eigenvalue weighted by molar-refractivity contribution is 0.821. The molecule has 0 N–H and O–H groups in total. The fraction of sp³-hybridized carbons (Fsp3) is 0.333. The van der Waals surface area contributed by atoms with Crippen LogP contribution in [0, 0.1) is 5.92 Å². The Kier molecular flexibility index (Phi) is 2.43. The number of rotatable bonds is 3. The molecule has 3 nitrogen and oxygen atoms in total.